The maximum Gasteiger partial charge on any atom is 0.216 e. The molecule has 0 spiro atoms. The topological polar surface area (TPSA) is 46.2 Å². The molecule has 0 amide bonds. The van der Waals surface area contributed by atoms with E-state index in [1.165, 1.54) is 6.07 Å². The van der Waals surface area contributed by atoms with E-state index in [1.54, 1.807) is 12.1 Å². The molecule has 0 saturated carbocycles. The zero-order chi connectivity index (χ0) is 15.5. The molecular weight excluding hydrogens is 296 g/mol. The van der Waals surface area contributed by atoms with Crippen LogP contribution in [0.5, 0.6) is 0 Å². The van der Waals surface area contributed by atoms with Crippen molar-refractivity contribution in [1.29, 1.82) is 0 Å². The van der Waals surface area contributed by atoms with E-state index in [0.29, 0.717) is 11.1 Å². The van der Waals surface area contributed by atoms with E-state index in [9.17, 15) is 17.2 Å². The van der Waals surface area contributed by atoms with E-state index in [1.807, 2.05) is 19.1 Å². The lowest BCUT2D eigenvalue weighted by atomic mass is 10.2. The van der Waals surface area contributed by atoms with Crippen molar-refractivity contribution in [2.75, 3.05) is 0 Å². The van der Waals surface area contributed by atoms with Gasteiger partial charge in [-0.2, -0.15) is 0 Å². The number of aryl methyl sites for hydroxylation is 1. The molecule has 0 radical (unpaired) electrons. The molecule has 0 aliphatic heterocycles. The molecule has 2 aromatic rings. The molecule has 0 unspecified atom stereocenters. The number of sulfonamides is 1. The Morgan fingerprint density at radius 3 is 2.19 bits per heavy atom. The summed E-state index contributed by atoms with van der Waals surface area (Å²) in [5, 5.41) is 0. The van der Waals surface area contributed by atoms with Gasteiger partial charge < -0.3 is 0 Å². The van der Waals surface area contributed by atoms with Gasteiger partial charge in [-0.3, -0.25) is 0 Å². The minimum atomic E-state index is -3.53. The quantitative estimate of drug-likeness (QED) is 0.923. The molecule has 0 heterocycles. The normalized spacial score (nSPS) is 11.6. The van der Waals surface area contributed by atoms with Gasteiger partial charge in [-0.05, 0) is 30.2 Å². The number of hydrogen-bond donors (Lipinski definition) is 1. The van der Waals surface area contributed by atoms with Crippen LogP contribution < -0.4 is 4.72 Å². The highest BCUT2D eigenvalue weighted by Gasteiger charge is 2.12. The number of halogens is 2. The highest BCUT2D eigenvalue weighted by molar-refractivity contribution is 7.88. The van der Waals surface area contributed by atoms with Gasteiger partial charge in [0.1, 0.15) is 0 Å². The van der Waals surface area contributed by atoms with Crippen LogP contribution in [-0.4, -0.2) is 8.42 Å². The first kappa shape index (κ1) is 15.6. The fraction of sp³-hybridized carbons (Fsp3) is 0.200. The largest absolute Gasteiger partial charge is 0.216 e. The summed E-state index contributed by atoms with van der Waals surface area (Å²) in [4.78, 5) is 0. The standard InChI is InChI=1S/C15H15F2NO2S/c1-11-2-4-12(5-3-11)10-21(19,20)18-9-13-6-7-14(16)15(17)8-13/h2-8,18H,9-10H2,1H3. The molecule has 0 aliphatic carbocycles. The predicted octanol–water partition coefficient (Wildman–Crippen LogP) is 2.89. The van der Waals surface area contributed by atoms with E-state index < -0.39 is 21.7 Å². The van der Waals surface area contributed by atoms with E-state index in [4.69, 9.17) is 0 Å². The Balaban J connectivity index is 2.00. The Morgan fingerprint density at radius 2 is 1.57 bits per heavy atom. The minimum absolute atomic E-state index is 0.0780. The molecule has 0 atom stereocenters. The number of benzene rings is 2. The van der Waals surface area contributed by atoms with Crippen LogP contribution >= 0.6 is 0 Å². The van der Waals surface area contributed by atoms with Crippen molar-refractivity contribution >= 4 is 10.0 Å². The zero-order valence-corrected chi connectivity index (χ0v) is 12.3. The first-order valence-electron chi connectivity index (χ1n) is 6.32. The number of rotatable bonds is 5. The van der Waals surface area contributed by atoms with Gasteiger partial charge in [0.25, 0.3) is 0 Å². The van der Waals surface area contributed by atoms with Gasteiger partial charge in [0.2, 0.25) is 10.0 Å². The molecule has 0 saturated heterocycles. The monoisotopic (exact) mass is 311 g/mol. The van der Waals surface area contributed by atoms with Gasteiger partial charge in [0, 0.05) is 6.54 Å². The van der Waals surface area contributed by atoms with Crippen molar-refractivity contribution in [2.24, 2.45) is 0 Å². The molecule has 6 heteroatoms. The van der Waals surface area contributed by atoms with Crippen LogP contribution in [-0.2, 0) is 22.3 Å². The minimum Gasteiger partial charge on any atom is -0.212 e. The molecule has 3 nitrogen and oxygen atoms in total. The van der Waals surface area contributed by atoms with Crippen LogP contribution in [0.15, 0.2) is 42.5 Å². The summed E-state index contributed by atoms with van der Waals surface area (Å²) < 4.78 is 52.0. The molecule has 112 valence electrons. The average molecular weight is 311 g/mol. The summed E-state index contributed by atoms with van der Waals surface area (Å²) in [6.07, 6.45) is 0. The maximum atomic E-state index is 13.0. The summed E-state index contributed by atoms with van der Waals surface area (Å²) in [5.74, 6) is -2.11. The predicted molar refractivity (Wildman–Crippen MR) is 77.0 cm³/mol. The summed E-state index contributed by atoms with van der Waals surface area (Å²) in [7, 11) is -3.53. The number of nitrogens with one attached hydrogen (secondary N) is 1. The van der Waals surface area contributed by atoms with E-state index >= 15 is 0 Å². The van der Waals surface area contributed by atoms with Crippen LogP contribution in [0.1, 0.15) is 16.7 Å². The summed E-state index contributed by atoms with van der Waals surface area (Å²) in [6.45, 7) is 1.84. The second-order valence-electron chi connectivity index (χ2n) is 4.81. The maximum absolute atomic E-state index is 13.0. The van der Waals surface area contributed by atoms with E-state index in [2.05, 4.69) is 4.72 Å². The highest BCUT2D eigenvalue weighted by Crippen LogP contribution is 2.10. The van der Waals surface area contributed by atoms with Crippen molar-refractivity contribution in [3.05, 3.63) is 70.8 Å². The zero-order valence-electron chi connectivity index (χ0n) is 11.4. The van der Waals surface area contributed by atoms with E-state index in [0.717, 1.165) is 17.7 Å². The van der Waals surface area contributed by atoms with Gasteiger partial charge in [-0.1, -0.05) is 35.9 Å². The molecule has 2 rings (SSSR count). The lowest BCUT2D eigenvalue weighted by Gasteiger charge is -2.07. The van der Waals surface area contributed by atoms with Crippen LogP contribution in [0, 0.1) is 18.6 Å². The average Bonchev–Trinajstić information content (AvgIpc) is 2.43. The second-order valence-corrected chi connectivity index (χ2v) is 6.62. The molecule has 21 heavy (non-hydrogen) atoms. The third kappa shape index (κ3) is 4.61. The third-order valence-electron chi connectivity index (χ3n) is 2.96. The van der Waals surface area contributed by atoms with Crippen molar-refractivity contribution < 1.29 is 17.2 Å². The van der Waals surface area contributed by atoms with Gasteiger partial charge in [-0.15, -0.1) is 0 Å². The molecule has 1 N–H and O–H groups in total. The van der Waals surface area contributed by atoms with Crippen molar-refractivity contribution in [3.8, 4) is 0 Å². The van der Waals surface area contributed by atoms with Crippen molar-refractivity contribution in [1.82, 2.24) is 4.72 Å². The Morgan fingerprint density at radius 1 is 0.952 bits per heavy atom. The van der Waals surface area contributed by atoms with Crippen molar-refractivity contribution in [2.45, 2.75) is 19.2 Å². The fourth-order valence-electron chi connectivity index (χ4n) is 1.80. The van der Waals surface area contributed by atoms with Gasteiger partial charge in [0.05, 0.1) is 5.75 Å². The molecule has 2 aromatic carbocycles. The Kier molecular flexibility index (Phi) is 4.69. The third-order valence-corrected chi connectivity index (χ3v) is 4.26. The first-order chi connectivity index (χ1) is 9.85. The van der Waals surface area contributed by atoms with Crippen LogP contribution in [0.2, 0.25) is 0 Å². The van der Waals surface area contributed by atoms with Gasteiger partial charge in [-0.25, -0.2) is 21.9 Å². The van der Waals surface area contributed by atoms with Crippen molar-refractivity contribution in [3.63, 3.8) is 0 Å². The Hall–Kier alpha value is -1.79. The van der Waals surface area contributed by atoms with Gasteiger partial charge >= 0.3 is 0 Å². The lowest BCUT2D eigenvalue weighted by molar-refractivity contribution is 0.506. The summed E-state index contributed by atoms with van der Waals surface area (Å²) >= 11 is 0. The van der Waals surface area contributed by atoms with Crippen LogP contribution in [0.25, 0.3) is 0 Å². The molecule has 0 aromatic heterocycles. The van der Waals surface area contributed by atoms with Crippen LogP contribution in [0.4, 0.5) is 8.78 Å². The molecule has 0 aliphatic rings. The fourth-order valence-corrected chi connectivity index (χ4v) is 2.92. The SMILES string of the molecule is Cc1ccc(CS(=O)(=O)NCc2ccc(F)c(F)c2)cc1. The first-order valence-corrected chi connectivity index (χ1v) is 7.98. The van der Waals surface area contributed by atoms with Gasteiger partial charge in [0.15, 0.2) is 11.6 Å². The molecule has 0 fully saturated rings. The molecule has 0 bridgehead atoms. The summed E-state index contributed by atoms with van der Waals surface area (Å²) in [5.41, 5.74) is 2.07. The van der Waals surface area contributed by atoms with E-state index in [-0.39, 0.29) is 12.3 Å². The lowest BCUT2D eigenvalue weighted by Crippen LogP contribution is -2.24. The summed E-state index contributed by atoms with van der Waals surface area (Å²) in [6, 6.07) is 10.4. The Labute approximate surface area is 122 Å². The smallest absolute Gasteiger partial charge is 0.212 e. The van der Waals surface area contributed by atoms with Crippen LogP contribution in [0.3, 0.4) is 0 Å². The molecular formula is C15H15F2NO2S. The highest BCUT2D eigenvalue weighted by atomic mass is 32.2. The second kappa shape index (κ2) is 6.32. The number of hydrogen-bond acceptors (Lipinski definition) is 2. The Bertz CT molecular complexity index is 728.